The molecular formula is C21H25F3N2O2S. The van der Waals surface area contributed by atoms with Crippen molar-refractivity contribution in [1.29, 1.82) is 0 Å². The zero-order valence-electron chi connectivity index (χ0n) is 16.5. The fourth-order valence-corrected chi connectivity index (χ4v) is 3.44. The predicted molar refractivity (Wildman–Crippen MR) is 109 cm³/mol. The van der Waals surface area contributed by atoms with Gasteiger partial charge in [-0.1, -0.05) is 50.2 Å². The van der Waals surface area contributed by atoms with Gasteiger partial charge >= 0.3 is 6.18 Å². The van der Waals surface area contributed by atoms with Gasteiger partial charge in [0, 0.05) is 22.0 Å². The van der Waals surface area contributed by atoms with Crippen molar-refractivity contribution < 1.29 is 22.2 Å². The summed E-state index contributed by atoms with van der Waals surface area (Å²) in [6, 6.07) is 9.63. The van der Waals surface area contributed by atoms with E-state index in [9.17, 15) is 22.2 Å². The topological polar surface area (TPSA) is 72.2 Å². The van der Waals surface area contributed by atoms with E-state index in [0.717, 1.165) is 5.56 Å². The summed E-state index contributed by atoms with van der Waals surface area (Å²) >= 11 is 0. The average Bonchev–Trinajstić information content (AvgIpc) is 2.64. The van der Waals surface area contributed by atoms with Crippen molar-refractivity contribution in [1.82, 2.24) is 5.32 Å². The molecule has 0 heterocycles. The quantitative estimate of drug-likeness (QED) is 0.698. The lowest BCUT2D eigenvalue weighted by Gasteiger charge is -2.24. The third-order valence-corrected chi connectivity index (χ3v) is 5.38. The van der Waals surface area contributed by atoms with Crippen LogP contribution in [-0.4, -0.2) is 28.6 Å². The number of halogens is 3. The number of benzene rings is 2. The van der Waals surface area contributed by atoms with Gasteiger partial charge in [0.25, 0.3) is 0 Å². The summed E-state index contributed by atoms with van der Waals surface area (Å²) < 4.78 is 52.1. The summed E-state index contributed by atoms with van der Waals surface area (Å²) in [5.74, 6) is -0.732. The van der Waals surface area contributed by atoms with Gasteiger partial charge in [-0.15, -0.1) is 0 Å². The Morgan fingerprint density at radius 3 is 1.93 bits per heavy atom. The number of carbonyl (C=O) groups is 1. The normalized spacial score (nSPS) is 15.0. The van der Waals surface area contributed by atoms with Crippen molar-refractivity contribution in [3.05, 3.63) is 54.1 Å². The first kappa shape index (κ1) is 23.1. The number of nitrogens with one attached hydrogen (secondary N) is 1. The van der Waals surface area contributed by atoms with Gasteiger partial charge in [-0.25, -0.2) is 0 Å². The van der Waals surface area contributed by atoms with E-state index in [0.29, 0.717) is 16.9 Å². The van der Waals surface area contributed by atoms with E-state index >= 15 is 0 Å². The Morgan fingerprint density at radius 2 is 1.52 bits per heavy atom. The van der Waals surface area contributed by atoms with Crippen LogP contribution in [0, 0.1) is 5.92 Å². The molecule has 0 aliphatic carbocycles. The Balaban J connectivity index is 2.22. The zero-order valence-corrected chi connectivity index (χ0v) is 17.3. The molecule has 0 aliphatic rings. The molecule has 0 saturated heterocycles. The molecule has 2 aromatic rings. The van der Waals surface area contributed by atoms with Crippen LogP contribution < -0.4 is 11.1 Å². The van der Waals surface area contributed by atoms with Crippen molar-refractivity contribution in [3.63, 3.8) is 0 Å². The highest BCUT2D eigenvalue weighted by atomic mass is 32.2. The van der Waals surface area contributed by atoms with Gasteiger partial charge < -0.3 is 11.1 Å². The summed E-state index contributed by atoms with van der Waals surface area (Å²) in [7, 11) is -1.10. The monoisotopic (exact) mass is 426 g/mol. The van der Waals surface area contributed by atoms with Crippen LogP contribution in [0.2, 0.25) is 0 Å². The van der Waals surface area contributed by atoms with E-state index in [-0.39, 0.29) is 11.5 Å². The first-order valence-electron chi connectivity index (χ1n) is 9.15. The van der Waals surface area contributed by atoms with Crippen molar-refractivity contribution in [2.24, 2.45) is 11.7 Å². The van der Waals surface area contributed by atoms with Gasteiger partial charge in [0.15, 0.2) is 6.04 Å². The SMILES string of the molecule is CC(C)C[C@H](N)C(=O)N[C@@H](c1ccc(-c2ccc(S(C)=O)cc2)cc1)C(F)(F)F. The molecule has 2 aromatic carbocycles. The molecule has 3 N–H and O–H groups in total. The van der Waals surface area contributed by atoms with Crippen LogP contribution in [0.4, 0.5) is 13.2 Å². The van der Waals surface area contributed by atoms with Crippen LogP contribution in [0.1, 0.15) is 31.9 Å². The molecule has 0 fully saturated rings. The molecule has 158 valence electrons. The maximum absolute atomic E-state index is 13.6. The van der Waals surface area contributed by atoms with Gasteiger partial charge in [-0.3, -0.25) is 9.00 Å². The summed E-state index contributed by atoms with van der Waals surface area (Å²) in [5, 5.41) is 2.03. The first-order chi connectivity index (χ1) is 13.5. The molecule has 8 heteroatoms. The number of nitrogens with two attached hydrogens (primary N) is 1. The van der Waals surface area contributed by atoms with Crippen LogP contribution >= 0.6 is 0 Å². The van der Waals surface area contributed by atoms with E-state index in [4.69, 9.17) is 5.73 Å². The predicted octanol–water partition coefficient (Wildman–Crippen LogP) is 4.18. The van der Waals surface area contributed by atoms with E-state index in [1.165, 1.54) is 12.1 Å². The van der Waals surface area contributed by atoms with Crippen molar-refractivity contribution in [3.8, 4) is 11.1 Å². The lowest BCUT2D eigenvalue weighted by atomic mass is 9.99. The fourth-order valence-electron chi connectivity index (χ4n) is 2.93. The Labute approximate surface area is 171 Å². The molecule has 0 aromatic heterocycles. The molecule has 0 aliphatic heterocycles. The van der Waals surface area contributed by atoms with E-state index in [1.54, 1.807) is 42.7 Å². The molecule has 4 nitrogen and oxygen atoms in total. The van der Waals surface area contributed by atoms with Crippen LogP contribution in [0.5, 0.6) is 0 Å². The van der Waals surface area contributed by atoms with Crippen LogP contribution in [-0.2, 0) is 15.6 Å². The number of alkyl halides is 3. The molecule has 0 bridgehead atoms. The molecule has 3 atom stereocenters. The van der Waals surface area contributed by atoms with Crippen LogP contribution in [0.15, 0.2) is 53.4 Å². The van der Waals surface area contributed by atoms with Crippen molar-refractivity contribution >= 4 is 16.7 Å². The van der Waals surface area contributed by atoms with E-state index < -0.39 is 35.0 Å². The highest BCUT2D eigenvalue weighted by Gasteiger charge is 2.42. The van der Waals surface area contributed by atoms with Gasteiger partial charge in [-0.2, -0.15) is 13.2 Å². The standard InChI is InChI=1S/C21H25F3N2O2S/c1-13(2)12-18(25)20(27)26-19(21(22,23)24)16-6-4-14(5-7-16)15-8-10-17(11-9-15)29(3)28/h4-11,13,18-19H,12,25H2,1-3H3,(H,26,27)/t18-,19-,29?/m0/s1. The van der Waals surface area contributed by atoms with Crippen molar-refractivity contribution in [2.45, 2.75) is 43.4 Å². The minimum atomic E-state index is -4.65. The number of hydrogen-bond acceptors (Lipinski definition) is 3. The van der Waals surface area contributed by atoms with Gasteiger partial charge in [-0.05, 0) is 41.2 Å². The molecule has 0 saturated carbocycles. The second-order valence-electron chi connectivity index (χ2n) is 7.32. The number of rotatable bonds is 7. The molecule has 1 amide bonds. The second-order valence-corrected chi connectivity index (χ2v) is 8.70. The molecular weight excluding hydrogens is 401 g/mol. The first-order valence-corrected chi connectivity index (χ1v) is 10.7. The molecule has 2 rings (SSSR count). The van der Waals surface area contributed by atoms with Gasteiger partial charge in [0.05, 0.1) is 6.04 Å². The largest absolute Gasteiger partial charge is 0.412 e. The Hall–Kier alpha value is -2.19. The Kier molecular flexibility index (Phi) is 7.60. The maximum atomic E-state index is 13.6. The average molecular weight is 427 g/mol. The molecule has 0 radical (unpaired) electrons. The number of amides is 1. The molecule has 29 heavy (non-hydrogen) atoms. The zero-order chi connectivity index (χ0) is 21.8. The summed E-state index contributed by atoms with van der Waals surface area (Å²) in [6.07, 6.45) is -2.78. The van der Waals surface area contributed by atoms with Crippen molar-refractivity contribution in [2.75, 3.05) is 6.26 Å². The summed E-state index contributed by atoms with van der Waals surface area (Å²) in [6.45, 7) is 3.69. The smallest absolute Gasteiger partial charge is 0.339 e. The lowest BCUT2D eigenvalue weighted by molar-refractivity contribution is -0.163. The Morgan fingerprint density at radius 1 is 1.03 bits per heavy atom. The third kappa shape index (κ3) is 6.40. The molecule has 0 spiro atoms. The summed E-state index contributed by atoms with van der Waals surface area (Å²) in [5.41, 5.74) is 7.15. The van der Waals surface area contributed by atoms with Crippen LogP contribution in [0.3, 0.4) is 0 Å². The summed E-state index contributed by atoms with van der Waals surface area (Å²) in [4.78, 5) is 12.8. The minimum absolute atomic E-state index is 0.0716. The van der Waals surface area contributed by atoms with E-state index in [2.05, 4.69) is 0 Å². The third-order valence-electron chi connectivity index (χ3n) is 4.44. The number of hydrogen-bond donors (Lipinski definition) is 2. The van der Waals surface area contributed by atoms with Gasteiger partial charge in [0.2, 0.25) is 5.91 Å². The number of carbonyl (C=O) groups excluding carboxylic acids is 1. The lowest BCUT2D eigenvalue weighted by Crippen LogP contribution is -2.46. The highest BCUT2D eigenvalue weighted by molar-refractivity contribution is 7.84. The Bertz CT molecular complexity index is 850. The fraction of sp³-hybridized carbons (Fsp3) is 0.381. The van der Waals surface area contributed by atoms with Gasteiger partial charge in [0.1, 0.15) is 0 Å². The highest BCUT2D eigenvalue weighted by Crippen LogP contribution is 2.34. The van der Waals surface area contributed by atoms with Crippen LogP contribution in [0.25, 0.3) is 11.1 Å². The minimum Gasteiger partial charge on any atom is -0.339 e. The van der Waals surface area contributed by atoms with E-state index in [1.807, 2.05) is 19.2 Å². The second kappa shape index (κ2) is 9.54. The molecule has 1 unspecified atom stereocenters. The maximum Gasteiger partial charge on any atom is 0.412 e.